The van der Waals surface area contributed by atoms with E-state index in [1.54, 1.807) is 19.2 Å². The predicted octanol–water partition coefficient (Wildman–Crippen LogP) is 3.64. The summed E-state index contributed by atoms with van der Waals surface area (Å²) in [5.74, 6) is 1.89. The van der Waals surface area contributed by atoms with Gasteiger partial charge in [0.15, 0.2) is 5.96 Å². The van der Waals surface area contributed by atoms with Gasteiger partial charge in [0.25, 0.3) is 0 Å². The fourth-order valence-electron chi connectivity index (χ4n) is 2.70. The van der Waals surface area contributed by atoms with E-state index in [2.05, 4.69) is 27.8 Å². The number of aromatic hydroxyl groups is 1. The number of ether oxygens (including phenoxy) is 2. The Hall–Kier alpha value is -2.00. The monoisotopic (exact) mass is 513 g/mol. The van der Waals surface area contributed by atoms with Crippen LogP contribution in [-0.2, 0) is 17.7 Å². The fraction of sp³-hybridized carbons (Fsp3) is 0.409. The number of phenolic OH excluding ortho intramolecular Hbond substituents is 1. The van der Waals surface area contributed by atoms with E-state index in [-0.39, 0.29) is 24.0 Å². The summed E-state index contributed by atoms with van der Waals surface area (Å²) in [5.41, 5.74) is 3.26. The molecule has 0 aromatic heterocycles. The molecule has 0 aliphatic rings. The number of methoxy groups -OCH3 is 1. The second-order valence-corrected chi connectivity index (χ2v) is 6.49. The third-order valence-electron chi connectivity index (χ3n) is 4.14. The van der Waals surface area contributed by atoms with Crippen LogP contribution in [0.5, 0.6) is 11.5 Å². The minimum atomic E-state index is 0. The van der Waals surface area contributed by atoms with Gasteiger partial charge < -0.3 is 25.2 Å². The van der Waals surface area contributed by atoms with Gasteiger partial charge in [0.05, 0.1) is 13.2 Å². The van der Waals surface area contributed by atoms with Crippen LogP contribution in [0.15, 0.2) is 47.5 Å². The number of aliphatic imine (C=N–C) groups is 1. The molecule has 2 aromatic carbocycles. The maximum Gasteiger partial charge on any atom is 0.191 e. The van der Waals surface area contributed by atoms with Gasteiger partial charge in [-0.15, -0.1) is 24.0 Å². The van der Waals surface area contributed by atoms with Crippen molar-refractivity contribution in [2.45, 2.75) is 26.8 Å². The van der Waals surface area contributed by atoms with Crippen LogP contribution in [0, 0.1) is 6.92 Å². The van der Waals surface area contributed by atoms with E-state index in [0.717, 1.165) is 47.9 Å². The summed E-state index contributed by atoms with van der Waals surface area (Å²) in [6.45, 7) is 7.17. The summed E-state index contributed by atoms with van der Waals surface area (Å²) < 4.78 is 10.9. The third-order valence-corrected chi connectivity index (χ3v) is 4.14. The highest BCUT2D eigenvalue weighted by Gasteiger charge is 2.05. The van der Waals surface area contributed by atoms with Crippen LogP contribution in [0.2, 0.25) is 0 Å². The number of hydrogen-bond donors (Lipinski definition) is 3. The highest BCUT2D eigenvalue weighted by Crippen LogP contribution is 2.21. The van der Waals surface area contributed by atoms with Crippen molar-refractivity contribution in [2.75, 3.05) is 33.4 Å². The molecule has 0 heterocycles. The molecule has 0 bridgehead atoms. The number of aryl methyl sites for hydroxylation is 1. The first-order valence-electron chi connectivity index (χ1n) is 9.63. The molecule has 0 aliphatic heterocycles. The van der Waals surface area contributed by atoms with Crippen molar-refractivity contribution >= 4 is 29.9 Å². The minimum absolute atomic E-state index is 0. The molecule has 0 fully saturated rings. The Morgan fingerprint density at radius 1 is 1.10 bits per heavy atom. The zero-order valence-corrected chi connectivity index (χ0v) is 19.7. The van der Waals surface area contributed by atoms with Crippen molar-refractivity contribution < 1.29 is 14.6 Å². The van der Waals surface area contributed by atoms with Gasteiger partial charge >= 0.3 is 0 Å². The maximum absolute atomic E-state index is 9.56. The molecule has 0 amide bonds. The van der Waals surface area contributed by atoms with Gasteiger partial charge in [0.2, 0.25) is 0 Å². The third kappa shape index (κ3) is 9.36. The molecule has 2 aromatic rings. The van der Waals surface area contributed by atoms with Crippen molar-refractivity contribution in [3.05, 3.63) is 59.2 Å². The molecule has 2 rings (SSSR count). The summed E-state index contributed by atoms with van der Waals surface area (Å²) in [4.78, 5) is 4.68. The lowest BCUT2D eigenvalue weighted by Gasteiger charge is -2.13. The molecule has 0 atom stereocenters. The van der Waals surface area contributed by atoms with Crippen LogP contribution in [-0.4, -0.2) is 44.5 Å². The van der Waals surface area contributed by atoms with E-state index < -0.39 is 0 Å². The van der Waals surface area contributed by atoms with Gasteiger partial charge in [0, 0.05) is 25.8 Å². The van der Waals surface area contributed by atoms with E-state index in [4.69, 9.17) is 9.47 Å². The van der Waals surface area contributed by atoms with Crippen molar-refractivity contribution in [2.24, 2.45) is 4.99 Å². The second-order valence-electron chi connectivity index (χ2n) is 6.49. The Bertz CT molecular complexity index is 769. The van der Waals surface area contributed by atoms with E-state index in [9.17, 15) is 5.11 Å². The molecule has 7 heteroatoms. The molecule has 29 heavy (non-hydrogen) atoms. The van der Waals surface area contributed by atoms with Crippen molar-refractivity contribution in [1.82, 2.24) is 10.6 Å². The van der Waals surface area contributed by atoms with Gasteiger partial charge in [-0.1, -0.05) is 24.3 Å². The van der Waals surface area contributed by atoms with Crippen LogP contribution >= 0.6 is 24.0 Å². The zero-order chi connectivity index (χ0) is 20.2. The van der Waals surface area contributed by atoms with Crippen LogP contribution in [0.1, 0.15) is 23.6 Å². The molecule has 0 unspecified atom stereocenters. The summed E-state index contributed by atoms with van der Waals surface area (Å²) in [6, 6.07) is 13.5. The highest BCUT2D eigenvalue weighted by molar-refractivity contribution is 14.0. The molecule has 0 radical (unpaired) electrons. The summed E-state index contributed by atoms with van der Waals surface area (Å²) in [5, 5.41) is 16.2. The number of benzene rings is 2. The van der Waals surface area contributed by atoms with Gasteiger partial charge in [-0.25, -0.2) is 4.99 Å². The number of halogens is 1. The number of rotatable bonds is 10. The average molecular weight is 513 g/mol. The number of guanidine groups is 1. The Labute approximate surface area is 190 Å². The Balaban J connectivity index is 0.00000420. The van der Waals surface area contributed by atoms with Crippen LogP contribution in [0.3, 0.4) is 0 Å². The molecule has 0 spiro atoms. The Kier molecular flexibility index (Phi) is 12.1. The van der Waals surface area contributed by atoms with Crippen molar-refractivity contribution in [1.29, 1.82) is 0 Å². The highest BCUT2D eigenvalue weighted by atomic mass is 127. The topological polar surface area (TPSA) is 75.1 Å². The summed E-state index contributed by atoms with van der Waals surface area (Å²) in [7, 11) is 1.66. The fourth-order valence-corrected chi connectivity index (χ4v) is 2.70. The van der Waals surface area contributed by atoms with Gasteiger partial charge in [-0.3, -0.25) is 0 Å². The first-order chi connectivity index (χ1) is 13.6. The van der Waals surface area contributed by atoms with E-state index in [1.165, 1.54) is 0 Å². The number of hydrogen-bond acceptors (Lipinski definition) is 4. The Morgan fingerprint density at radius 2 is 1.93 bits per heavy atom. The van der Waals surface area contributed by atoms with Gasteiger partial charge in [0.1, 0.15) is 18.1 Å². The largest absolute Gasteiger partial charge is 0.508 e. The maximum atomic E-state index is 9.56. The van der Waals surface area contributed by atoms with Crippen LogP contribution < -0.4 is 15.4 Å². The Morgan fingerprint density at radius 3 is 2.66 bits per heavy atom. The lowest BCUT2D eigenvalue weighted by molar-refractivity contribution is 0.145. The molecule has 160 valence electrons. The van der Waals surface area contributed by atoms with Crippen LogP contribution in [0.4, 0.5) is 0 Å². The number of nitrogens with one attached hydrogen (secondary N) is 2. The minimum Gasteiger partial charge on any atom is -0.508 e. The smallest absolute Gasteiger partial charge is 0.191 e. The molecule has 3 N–H and O–H groups in total. The zero-order valence-electron chi connectivity index (χ0n) is 17.4. The molecule has 6 nitrogen and oxygen atoms in total. The van der Waals surface area contributed by atoms with Crippen molar-refractivity contribution in [3.63, 3.8) is 0 Å². The normalized spacial score (nSPS) is 10.9. The quantitative estimate of drug-likeness (QED) is 0.196. The predicted molar refractivity (Wildman–Crippen MR) is 129 cm³/mol. The number of nitrogens with zero attached hydrogens (tertiary/aromatic N) is 1. The van der Waals surface area contributed by atoms with E-state index >= 15 is 0 Å². The molecule has 0 saturated heterocycles. The van der Waals surface area contributed by atoms with E-state index in [1.807, 2.05) is 32.0 Å². The summed E-state index contributed by atoms with van der Waals surface area (Å²) >= 11 is 0. The second kappa shape index (κ2) is 14.1. The first kappa shape index (κ1) is 25.0. The summed E-state index contributed by atoms with van der Waals surface area (Å²) in [6.07, 6.45) is 0.800. The van der Waals surface area contributed by atoms with E-state index in [0.29, 0.717) is 25.5 Å². The molecular weight excluding hydrogens is 481 g/mol. The SMILES string of the molecule is CCNC(=NCc1ccc(C)cc1OCCOC)NCCc1cccc(O)c1.I. The van der Waals surface area contributed by atoms with Gasteiger partial charge in [-0.2, -0.15) is 0 Å². The first-order valence-corrected chi connectivity index (χ1v) is 9.63. The number of phenols is 1. The standard InChI is InChI=1S/C22H31N3O3.HI/c1-4-23-22(24-11-10-18-6-5-7-20(26)15-18)25-16-19-9-8-17(2)14-21(19)28-13-12-27-3;/h5-9,14-15,26H,4,10-13,16H2,1-3H3,(H2,23,24,25);1H. The molecule has 0 aliphatic carbocycles. The average Bonchev–Trinajstić information content (AvgIpc) is 2.67. The van der Waals surface area contributed by atoms with Crippen molar-refractivity contribution in [3.8, 4) is 11.5 Å². The lowest BCUT2D eigenvalue weighted by atomic mass is 10.1. The lowest BCUT2D eigenvalue weighted by Crippen LogP contribution is -2.38. The van der Waals surface area contributed by atoms with Gasteiger partial charge in [-0.05, 0) is 49.6 Å². The molecular formula is C22H32IN3O3. The molecule has 0 saturated carbocycles. The van der Waals surface area contributed by atoms with Crippen LogP contribution in [0.25, 0.3) is 0 Å².